The van der Waals surface area contributed by atoms with E-state index in [-0.39, 0.29) is 0 Å². The van der Waals surface area contributed by atoms with Crippen LogP contribution in [0.25, 0.3) is 82.8 Å². The molecule has 0 saturated carbocycles. The molecule has 3 heteroatoms. The molecule has 0 aliphatic rings. The van der Waals surface area contributed by atoms with Gasteiger partial charge in [-0.3, -0.25) is 0 Å². The molecule has 0 aliphatic carbocycles. The first-order valence-corrected chi connectivity index (χ1v) is 19.4. The zero-order valence-electron chi connectivity index (χ0n) is 31.1. The maximum Gasteiger partial charge on any atom is 0.143 e. The van der Waals surface area contributed by atoms with Crippen molar-refractivity contribution in [1.82, 2.24) is 4.57 Å². The monoisotopic (exact) mass is 728 g/mol. The third-order valence-corrected chi connectivity index (χ3v) is 11.2. The molecular formula is C54H36N2O. The number of fused-ring (bicyclic) bond motifs is 6. The van der Waals surface area contributed by atoms with E-state index in [9.17, 15) is 0 Å². The molecule has 0 unspecified atom stereocenters. The van der Waals surface area contributed by atoms with Gasteiger partial charge in [-0.05, 0) is 76.9 Å². The van der Waals surface area contributed by atoms with Crippen LogP contribution in [-0.4, -0.2) is 4.57 Å². The van der Waals surface area contributed by atoms with Gasteiger partial charge in [-0.25, -0.2) is 0 Å². The number of hydrogen-bond acceptors (Lipinski definition) is 2. The quantitative estimate of drug-likeness (QED) is 0.163. The molecule has 0 N–H and O–H groups in total. The van der Waals surface area contributed by atoms with E-state index in [4.69, 9.17) is 4.42 Å². The molecule has 3 nitrogen and oxygen atoms in total. The number of nitrogens with zero attached hydrogens (tertiary/aromatic N) is 2. The lowest BCUT2D eigenvalue weighted by Gasteiger charge is -2.28. The van der Waals surface area contributed by atoms with Crippen molar-refractivity contribution in [2.75, 3.05) is 4.90 Å². The number of furan rings is 1. The fourth-order valence-electron chi connectivity index (χ4n) is 8.65. The van der Waals surface area contributed by atoms with Crippen LogP contribution in [0.4, 0.5) is 17.1 Å². The molecule has 268 valence electrons. The zero-order valence-corrected chi connectivity index (χ0v) is 31.1. The number of rotatable bonds is 7. The summed E-state index contributed by atoms with van der Waals surface area (Å²) in [7, 11) is 0. The summed E-state index contributed by atoms with van der Waals surface area (Å²) < 4.78 is 8.96. The Morgan fingerprint density at radius 2 is 0.965 bits per heavy atom. The minimum Gasteiger partial charge on any atom is -0.455 e. The van der Waals surface area contributed by atoms with Crippen molar-refractivity contribution in [3.63, 3.8) is 0 Å². The predicted octanol–water partition coefficient (Wildman–Crippen LogP) is 15.2. The average Bonchev–Trinajstić information content (AvgIpc) is 3.83. The van der Waals surface area contributed by atoms with Crippen molar-refractivity contribution < 1.29 is 4.42 Å². The molecule has 2 aromatic heterocycles. The van der Waals surface area contributed by atoms with E-state index in [2.05, 4.69) is 216 Å². The fraction of sp³-hybridized carbons (Fsp3) is 0. The highest BCUT2D eigenvalue weighted by Crippen LogP contribution is 2.46. The van der Waals surface area contributed by atoms with E-state index < -0.39 is 0 Å². The van der Waals surface area contributed by atoms with E-state index in [1.54, 1.807) is 0 Å². The standard InChI is InChI=1S/C54H36N2O/c1-4-17-37(18-5-1)43-25-10-12-30-49(43)55(41-24-14-21-39(35-41)45-28-15-29-47-46-26-11-13-32-52(46)57-54(45)47)42-33-34-48-51(36-42)56(40-22-8-3-9-23-40)50-31-16-27-44(53(48)50)38-19-6-2-7-20-38/h1-36H. The average molecular weight is 729 g/mol. The van der Waals surface area contributed by atoms with E-state index in [1.807, 2.05) is 12.1 Å². The van der Waals surface area contributed by atoms with E-state index in [0.717, 1.165) is 72.5 Å². The highest BCUT2D eigenvalue weighted by Gasteiger charge is 2.22. The summed E-state index contributed by atoms with van der Waals surface area (Å²) in [4.78, 5) is 2.41. The molecule has 0 bridgehead atoms. The number of anilines is 3. The highest BCUT2D eigenvalue weighted by molar-refractivity contribution is 6.16. The Morgan fingerprint density at radius 1 is 0.368 bits per heavy atom. The first-order chi connectivity index (χ1) is 28.3. The largest absolute Gasteiger partial charge is 0.455 e. The first-order valence-electron chi connectivity index (χ1n) is 19.4. The Bertz CT molecular complexity index is 3230. The van der Waals surface area contributed by atoms with Crippen molar-refractivity contribution in [2.45, 2.75) is 0 Å². The van der Waals surface area contributed by atoms with Gasteiger partial charge in [0.2, 0.25) is 0 Å². The van der Waals surface area contributed by atoms with Gasteiger partial charge in [0.05, 0.1) is 16.7 Å². The molecule has 57 heavy (non-hydrogen) atoms. The summed E-state index contributed by atoms with van der Waals surface area (Å²) in [5, 5.41) is 4.69. The van der Waals surface area contributed by atoms with Crippen LogP contribution in [0.2, 0.25) is 0 Å². The number of hydrogen-bond donors (Lipinski definition) is 0. The van der Waals surface area contributed by atoms with Gasteiger partial charge in [0.15, 0.2) is 0 Å². The Hall–Kier alpha value is -7.62. The Labute approximate surface area is 330 Å². The Kier molecular flexibility index (Phi) is 7.82. The van der Waals surface area contributed by atoms with E-state index >= 15 is 0 Å². The molecule has 0 saturated heterocycles. The summed E-state index contributed by atoms with van der Waals surface area (Å²) in [5.74, 6) is 0. The minimum atomic E-state index is 0.895. The van der Waals surface area contributed by atoms with Crippen LogP contribution in [0.15, 0.2) is 223 Å². The maximum absolute atomic E-state index is 6.54. The minimum absolute atomic E-state index is 0.895. The van der Waals surface area contributed by atoms with Crippen LogP contribution in [-0.2, 0) is 0 Å². The van der Waals surface area contributed by atoms with Gasteiger partial charge in [-0.1, -0.05) is 164 Å². The fourth-order valence-corrected chi connectivity index (χ4v) is 8.65. The van der Waals surface area contributed by atoms with Gasteiger partial charge in [0, 0.05) is 49.7 Å². The summed E-state index contributed by atoms with van der Waals surface area (Å²) in [5.41, 5.74) is 15.3. The summed E-state index contributed by atoms with van der Waals surface area (Å²) >= 11 is 0. The van der Waals surface area contributed by atoms with Gasteiger partial charge in [0.25, 0.3) is 0 Å². The molecule has 0 aliphatic heterocycles. The van der Waals surface area contributed by atoms with Crippen molar-refractivity contribution in [3.8, 4) is 39.1 Å². The summed E-state index contributed by atoms with van der Waals surface area (Å²) in [6.45, 7) is 0. The molecule has 9 aromatic carbocycles. The van der Waals surface area contributed by atoms with Crippen molar-refractivity contribution in [3.05, 3.63) is 218 Å². The number of benzene rings is 9. The lowest BCUT2D eigenvalue weighted by atomic mass is 9.98. The van der Waals surface area contributed by atoms with Crippen molar-refractivity contribution >= 4 is 60.8 Å². The molecule has 0 radical (unpaired) electrons. The molecule has 11 rings (SSSR count). The van der Waals surface area contributed by atoms with Crippen LogP contribution in [0.3, 0.4) is 0 Å². The molecule has 2 heterocycles. The van der Waals surface area contributed by atoms with Gasteiger partial charge in [0.1, 0.15) is 11.2 Å². The third kappa shape index (κ3) is 5.51. The number of aromatic nitrogens is 1. The maximum atomic E-state index is 6.54. The van der Waals surface area contributed by atoms with Gasteiger partial charge in [-0.15, -0.1) is 0 Å². The topological polar surface area (TPSA) is 21.3 Å². The summed E-state index contributed by atoms with van der Waals surface area (Å²) in [6, 6.07) is 78.1. The molecule has 0 atom stereocenters. The SMILES string of the molecule is c1ccc(-c2ccccc2N(c2cccc(-c3cccc4c3oc3ccccc34)c2)c2ccc3c4c(-c5ccccc5)cccc4n(-c4ccccc4)c3c2)cc1. The molecule has 0 spiro atoms. The van der Waals surface area contributed by atoms with Crippen molar-refractivity contribution in [2.24, 2.45) is 0 Å². The second kappa shape index (κ2) is 13.6. The second-order valence-electron chi connectivity index (χ2n) is 14.5. The molecule has 0 fully saturated rings. The van der Waals surface area contributed by atoms with Gasteiger partial charge >= 0.3 is 0 Å². The van der Waals surface area contributed by atoms with E-state index in [1.165, 1.54) is 27.4 Å². The van der Waals surface area contributed by atoms with Crippen LogP contribution < -0.4 is 4.90 Å². The Morgan fingerprint density at radius 3 is 1.79 bits per heavy atom. The smallest absolute Gasteiger partial charge is 0.143 e. The zero-order chi connectivity index (χ0) is 37.7. The van der Waals surface area contributed by atoms with Gasteiger partial charge in [-0.2, -0.15) is 0 Å². The summed E-state index contributed by atoms with van der Waals surface area (Å²) in [6.07, 6.45) is 0. The molecule has 11 aromatic rings. The highest BCUT2D eigenvalue weighted by atomic mass is 16.3. The normalized spacial score (nSPS) is 11.5. The van der Waals surface area contributed by atoms with E-state index in [0.29, 0.717) is 0 Å². The lowest BCUT2D eigenvalue weighted by Crippen LogP contribution is -2.11. The first kappa shape index (κ1) is 32.8. The molecule has 0 amide bonds. The lowest BCUT2D eigenvalue weighted by molar-refractivity contribution is 0.670. The predicted molar refractivity (Wildman–Crippen MR) is 239 cm³/mol. The van der Waals surface area contributed by atoms with Crippen LogP contribution in [0.1, 0.15) is 0 Å². The Balaban J connectivity index is 1.18. The van der Waals surface area contributed by atoms with Crippen LogP contribution >= 0.6 is 0 Å². The van der Waals surface area contributed by atoms with Crippen LogP contribution in [0, 0.1) is 0 Å². The third-order valence-electron chi connectivity index (χ3n) is 11.2. The number of para-hydroxylation sites is 4. The van der Waals surface area contributed by atoms with Gasteiger partial charge < -0.3 is 13.9 Å². The van der Waals surface area contributed by atoms with Crippen molar-refractivity contribution in [1.29, 1.82) is 0 Å². The molecular weight excluding hydrogens is 693 g/mol. The second-order valence-corrected chi connectivity index (χ2v) is 14.5. The van der Waals surface area contributed by atoms with Crippen LogP contribution in [0.5, 0.6) is 0 Å².